The first-order chi connectivity index (χ1) is 13.6. The third-order valence-electron chi connectivity index (χ3n) is 6.21. The molecule has 4 aromatic heterocycles. The van der Waals surface area contributed by atoms with E-state index in [4.69, 9.17) is 10.2 Å². The molecule has 8 heteroatoms. The van der Waals surface area contributed by atoms with E-state index in [1.807, 2.05) is 30.1 Å². The van der Waals surface area contributed by atoms with E-state index in [9.17, 15) is 0 Å². The quantitative estimate of drug-likeness (QED) is 0.551. The Morgan fingerprint density at radius 2 is 1.96 bits per heavy atom. The molecule has 142 valence electrons. The summed E-state index contributed by atoms with van der Waals surface area (Å²) in [5.74, 6) is 1.83. The summed E-state index contributed by atoms with van der Waals surface area (Å²) in [4.78, 5) is 0. The molecule has 6 rings (SSSR count). The first-order valence-corrected chi connectivity index (χ1v) is 9.88. The van der Waals surface area contributed by atoms with Gasteiger partial charge in [0.1, 0.15) is 5.69 Å². The third-order valence-corrected chi connectivity index (χ3v) is 6.21. The summed E-state index contributed by atoms with van der Waals surface area (Å²) in [6.45, 7) is 5.03. The van der Waals surface area contributed by atoms with E-state index in [2.05, 4.69) is 38.3 Å². The molecular formula is C20H22N8. The van der Waals surface area contributed by atoms with Crippen LogP contribution in [0.5, 0.6) is 0 Å². The lowest BCUT2D eigenvalue weighted by Crippen LogP contribution is -2.02. The van der Waals surface area contributed by atoms with Gasteiger partial charge in [-0.25, -0.2) is 0 Å². The fourth-order valence-corrected chi connectivity index (χ4v) is 4.63. The van der Waals surface area contributed by atoms with Crippen molar-refractivity contribution >= 4 is 5.65 Å². The average molecular weight is 374 g/mol. The van der Waals surface area contributed by atoms with Gasteiger partial charge in [0, 0.05) is 25.2 Å². The SMILES string of the molecule is Cc1cc(-c2cc(C3CC3c3cnn4c3CCC4)nn2C)nn2c(C)nnc12. The van der Waals surface area contributed by atoms with Crippen molar-refractivity contribution in [2.45, 2.75) is 51.5 Å². The first kappa shape index (κ1) is 16.0. The van der Waals surface area contributed by atoms with Gasteiger partial charge in [-0.2, -0.15) is 19.8 Å². The van der Waals surface area contributed by atoms with Gasteiger partial charge in [-0.3, -0.25) is 9.36 Å². The molecule has 2 atom stereocenters. The van der Waals surface area contributed by atoms with Gasteiger partial charge in [-0.05, 0) is 62.3 Å². The molecule has 28 heavy (non-hydrogen) atoms. The molecule has 4 aromatic rings. The zero-order valence-corrected chi connectivity index (χ0v) is 16.3. The van der Waals surface area contributed by atoms with E-state index < -0.39 is 0 Å². The maximum Gasteiger partial charge on any atom is 0.180 e. The summed E-state index contributed by atoms with van der Waals surface area (Å²) in [7, 11) is 1.99. The zero-order valence-electron chi connectivity index (χ0n) is 16.3. The Hall–Kier alpha value is -3.03. The lowest BCUT2D eigenvalue weighted by atomic mass is 10.1. The van der Waals surface area contributed by atoms with Crippen LogP contribution in [0.1, 0.15) is 53.0 Å². The second-order valence-electron chi connectivity index (χ2n) is 8.10. The third kappa shape index (κ3) is 2.20. The van der Waals surface area contributed by atoms with Crippen LogP contribution in [0.3, 0.4) is 0 Å². The van der Waals surface area contributed by atoms with Crippen molar-refractivity contribution in [1.82, 2.24) is 39.4 Å². The molecule has 0 bridgehead atoms. The van der Waals surface area contributed by atoms with E-state index in [0.717, 1.165) is 53.5 Å². The van der Waals surface area contributed by atoms with Gasteiger partial charge in [-0.15, -0.1) is 10.2 Å². The van der Waals surface area contributed by atoms with Crippen molar-refractivity contribution in [3.63, 3.8) is 0 Å². The van der Waals surface area contributed by atoms with Gasteiger partial charge in [0.05, 0.1) is 17.6 Å². The van der Waals surface area contributed by atoms with E-state index in [1.54, 1.807) is 0 Å². The zero-order chi connectivity index (χ0) is 19.0. The Bertz CT molecular complexity index is 1230. The molecule has 1 aliphatic carbocycles. The monoisotopic (exact) mass is 374 g/mol. The first-order valence-electron chi connectivity index (χ1n) is 9.88. The number of hydrogen-bond donors (Lipinski definition) is 0. The van der Waals surface area contributed by atoms with Crippen LogP contribution >= 0.6 is 0 Å². The van der Waals surface area contributed by atoms with Crippen LogP contribution in [0.15, 0.2) is 18.3 Å². The molecule has 0 N–H and O–H groups in total. The van der Waals surface area contributed by atoms with Crippen LogP contribution in [0, 0.1) is 13.8 Å². The van der Waals surface area contributed by atoms with Crippen LogP contribution in [-0.2, 0) is 20.0 Å². The Morgan fingerprint density at radius 3 is 2.86 bits per heavy atom. The summed E-state index contributed by atoms with van der Waals surface area (Å²) >= 11 is 0. The standard InChI is InChI=1S/C20H22N8/c1-11-7-17(25-28-12(2)22-23-20(11)28)19-9-16(24-26(19)3)14-8-13(14)15-10-21-27-6-4-5-18(15)27/h7,9-10,13-14H,4-6,8H2,1-3H3. The van der Waals surface area contributed by atoms with Gasteiger partial charge in [0.15, 0.2) is 11.5 Å². The summed E-state index contributed by atoms with van der Waals surface area (Å²) in [6.07, 6.45) is 5.62. The maximum absolute atomic E-state index is 4.83. The Kier molecular flexibility index (Phi) is 3.14. The van der Waals surface area contributed by atoms with E-state index >= 15 is 0 Å². The maximum atomic E-state index is 4.83. The second-order valence-corrected chi connectivity index (χ2v) is 8.10. The van der Waals surface area contributed by atoms with Crippen LogP contribution in [0.25, 0.3) is 17.0 Å². The molecule has 1 saturated carbocycles. The minimum atomic E-state index is 0.482. The molecule has 8 nitrogen and oxygen atoms in total. The number of nitrogens with zero attached hydrogens (tertiary/aromatic N) is 8. The fourth-order valence-electron chi connectivity index (χ4n) is 4.63. The van der Waals surface area contributed by atoms with Crippen molar-refractivity contribution in [2.75, 3.05) is 0 Å². The molecule has 2 aliphatic rings. The lowest BCUT2D eigenvalue weighted by Gasteiger charge is -2.04. The van der Waals surface area contributed by atoms with Gasteiger partial charge in [0.2, 0.25) is 0 Å². The normalized spacial score (nSPS) is 20.8. The van der Waals surface area contributed by atoms with Crippen LogP contribution < -0.4 is 0 Å². The summed E-state index contributed by atoms with van der Waals surface area (Å²) in [5.41, 5.74) is 7.82. The van der Waals surface area contributed by atoms with E-state index in [1.165, 1.54) is 17.7 Å². The highest BCUT2D eigenvalue weighted by Gasteiger charge is 2.44. The predicted octanol–water partition coefficient (Wildman–Crippen LogP) is 2.56. The highest BCUT2D eigenvalue weighted by molar-refractivity contribution is 5.60. The van der Waals surface area contributed by atoms with Crippen LogP contribution in [0.4, 0.5) is 0 Å². The van der Waals surface area contributed by atoms with Crippen molar-refractivity contribution in [2.24, 2.45) is 7.05 Å². The molecule has 1 aliphatic heterocycles. The number of aromatic nitrogens is 8. The van der Waals surface area contributed by atoms with Crippen molar-refractivity contribution in [1.29, 1.82) is 0 Å². The molecule has 2 unspecified atom stereocenters. The Labute approximate surface area is 162 Å². The molecule has 5 heterocycles. The summed E-state index contributed by atoms with van der Waals surface area (Å²) in [5, 5.41) is 22.5. The summed E-state index contributed by atoms with van der Waals surface area (Å²) in [6, 6.07) is 4.26. The number of fused-ring (bicyclic) bond motifs is 2. The second kappa shape index (κ2) is 5.50. The molecule has 1 fully saturated rings. The fraction of sp³-hybridized carbons (Fsp3) is 0.450. The average Bonchev–Trinajstić information content (AvgIpc) is 3.04. The van der Waals surface area contributed by atoms with Gasteiger partial charge in [-0.1, -0.05) is 0 Å². The molecular weight excluding hydrogens is 352 g/mol. The molecule has 0 saturated heterocycles. The van der Waals surface area contributed by atoms with Crippen molar-refractivity contribution < 1.29 is 0 Å². The van der Waals surface area contributed by atoms with E-state index in [-0.39, 0.29) is 0 Å². The Morgan fingerprint density at radius 1 is 1.07 bits per heavy atom. The van der Waals surface area contributed by atoms with Gasteiger partial charge >= 0.3 is 0 Å². The highest BCUT2D eigenvalue weighted by atomic mass is 15.4. The number of hydrogen-bond acceptors (Lipinski definition) is 5. The van der Waals surface area contributed by atoms with Gasteiger partial charge in [0.25, 0.3) is 0 Å². The van der Waals surface area contributed by atoms with Crippen LogP contribution in [0.2, 0.25) is 0 Å². The summed E-state index contributed by atoms with van der Waals surface area (Å²) < 4.78 is 5.94. The minimum absolute atomic E-state index is 0.482. The largest absolute Gasteiger partial charge is 0.269 e. The van der Waals surface area contributed by atoms with Crippen LogP contribution in [-0.4, -0.2) is 39.4 Å². The Balaban J connectivity index is 1.35. The molecule has 0 spiro atoms. The highest BCUT2D eigenvalue weighted by Crippen LogP contribution is 2.55. The molecule has 0 aromatic carbocycles. The number of aryl methyl sites for hydroxylation is 4. The predicted molar refractivity (Wildman–Crippen MR) is 103 cm³/mol. The van der Waals surface area contributed by atoms with Crippen molar-refractivity contribution in [3.8, 4) is 11.4 Å². The number of rotatable bonds is 3. The molecule has 0 amide bonds. The smallest absolute Gasteiger partial charge is 0.180 e. The molecule has 0 radical (unpaired) electrons. The minimum Gasteiger partial charge on any atom is -0.269 e. The van der Waals surface area contributed by atoms with Gasteiger partial charge < -0.3 is 0 Å². The van der Waals surface area contributed by atoms with E-state index in [0.29, 0.717) is 11.8 Å². The topological polar surface area (TPSA) is 78.7 Å². The lowest BCUT2D eigenvalue weighted by molar-refractivity contribution is 0.656. The van der Waals surface area contributed by atoms with Crippen molar-refractivity contribution in [3.05, 3.63) is 46.7 Å².